The molecular formula is C21H21N5O3S. The minimum atomic E-state index is -0.625. The number of nitrogens with one attached hydrogen (secondary N) is 1. The predicted octanol–water partition coefficient (Wildman–Crippen LogP) is 3.22. The summed E-state index contributed by atoms with van der Waals surface area (Å²) in [4.78, 5) is 32.7. The van der Waals surface area contributed by atoms with E-state index in [1.54, 1.807) is 18.3 Å². The van der Waals surface area contributed by atoms with Crippen LogP contribution in [0.2, 0.25) is 0 Å². The van der Waals surface area contributed by atoms with E-state index in [1.807, 2.05) is 31.2 Å². The molecule has 0 spiro atoms. The van der Waals surface area contributed by atoms with Crippen molar-refractivity contribution in [2.75, 3.05) is 17.0 Å². The quantitative estimate of drug-likeness (QED) is 0.651. The maximum atomic E-state index is 13.5. The van der Waals surface area contributed by atoms with Gasteiger partial charge in [0.05, 0.1) is 17.7 Å². The summed E-state index contributed by atoms with van der Waals surface area (Å²) < 4.78 is 6.42. The first kappa shape index (κ1) is 18.8. The topological polar surface area (TPSA) is 88.8 Å². The monoisotopic (exact) mass is 423 g/mol. The zero-order valence-corrected chi connectivity index (χ0v) is 17.6. The molecule has 8 nitrogen and oxygen atoms in total. The molecule has 1 aliphatic carbocycles. The number of nitrogens with zero attached hydrogens (tertiary/aromatic N) is 4. The van der Waals surface area contributed by atoms with E-state index in [0.29, 0.717) is 21.9 Å². The molecule has 1 aromatic carbocycles. The minimum absolute atomic E-state index is 0.0581. The third kappa shape index (κ3) is 2.97. The third-order valence-corrected chi connectivity index (χ3v) is 6.51. The highest BCUT2D eigenvalue weighted by Gasteiger charge is 2.30. The average Bonchev–Trinajstić information content (AvgIpc) is 3.13. The fourth-order valence-corrected chi connectivity index (χ4v) is 5.10. The van der Waals surface area contributed by atoms with Crippen LogP contribution in [0.1, 0.15) is 35.8 Å². The Balaban J connectivity index is 1.73. The predicted molar refractivity (Wildman–Crippen MR) is 117 cm³/mol. The smallest absolute Gasteiger partial charge is 0.377 e. The SMILES string of the molecule is CCOC(=O)C1=NN(c2ccc(C)cc2)c2nc3sc4c(c3c(=O)n2N1)CCCC4. The van der Waals surface area contributed by atoms with E-state index in [4.69, 9.17) is 9.72 Å². The molecule has 0 unspecified atom stereocenters. The Morgan fingerprint density at radius 2 is 2.00 bits per heavy atom. The second kappa shape index (κ2) is 7.24. The van der Waals surface area contributed by atoms with Gasteiger partial charge in [0, 0.05) is 4.88 Å². The second-order valence-electron chi connectivity index (χ2n) is 7.37. The molecule has 0 saturated heterocycles. The van der Waals surface area contributed by atoms with Crippen LogP contribution in [-0.4, -0.2) is 28.1 Å². The molecule has 154 valence electrons. The van der Waals surface area contributed by atoms with Gasteiger partial charge in [-0.05, 0) is 57.2 Å². The summed E-state index contributed by atoms with van der Waals surface area (Å²) >= 11 is 1.58. The molecule has 3 heterocycles. The molecule has 2 aromatic heterocycles. The number of amidine groups is 1. The van der Waals surface area contributed by atoms with E-state index >= 15 is 0 Å². The molecule has 0 fully saturated rings. The second-order valence-corrected chi connectivity index (χ2v) is 8.46. The van der Waals surface area contributed by atoms with Gasteiger partial charge in [0.1, 0.15) is 4.83 Å². The van der Waals surface area contributed by atoms with Crippen LogP contribution in [0.5, 0.6) is 0 Å². The first-order valence-electron chi connectivity index (χ1n) is 10.0. The van der Waals surface area contributed by atoms with Crippen LogP contribution in [-0.2, 0) is 22.4 Å². The number of anilines is 2. The van der Waals surface area contributed by atoms with Gasteiger partial charge in [0.15, 0.2) is 0 Å². The van der Waals surface area contributed by atoms with Gasteiger partial charge in [0.25, 0.3) is 17.3 Å². The number of hydrogen-bond donors (Lipinski definition) is 1. The van der Waals surface area contributed by atoms with Crippen LogP contribution >= 0.6 is 11.3 Å². The third-order valence-electron chi connectivity index (χ3n) is 5.33. The fraction of sp³-hybridized carbons (Fsp3) is 0.333. The van der Waals surface area contributed by atoms with E-state index in [-0.39, 0.29) is 18.0 Å². The molecule has 1 N–H and O–H groups in total. The zero-order valence-electron chi connectivity index (χ0n) is 16.8. The Hall–Kier alpha value is -3.20. The molecule has 0 bridgehead atoms. The van der Waals surface area contributed by atoms with Gasteiger partial charge in [0.2, 0.25) is 0 Å². The lowest BCUT2D eigenvalue weighted by Gasteiger charge is -2.27. The summed E-state index contributed by atoms with van der Waals surface area (Å²) in [7, 11) is 0. The number of hydrogen-bond acceptors (Lipinski definition) is 8. The van der Waals surface area contributed by atoms with Crippen molar-refractivity contribution >= 4 is 45.0 Å². The Morgan fingerprint density at radius 1 is 1.23 bits per heavy atom. The minimum Gasteiger partial charge on any atom is -0.460 e. The van der Waals surface area contributed by atoms with Gasteiger partial charge in [-0.15, -0.1) is 16.4 Å². The molecule has 0 saturated carbocycles. The Bertz CT molecular complexity index is 1240. The highest BCUT2D eigenvalue weighted by molar-refractivity contribution is 7.18. The van der Waals surface area contributed by atoms with Gasteiger partial charge in [-0.1, -0.05) is 17.7 Å². The maximum Gasteiger partial charge on any atom is 0.377 e. The van der Waals surface area contributed by atoms with E-state index in [0.717, 1.165) is 36.8 Å². The maximum absolute atomic E-state index is 13.5. The van der Waals surface area contributed by atoms with Crippen LogP contribution in [0.4, 0.5) is 11.6 Å². The number of fused-ring (bicyclic) bond motifs is 4. The molecule has 0 radical (unpaired) electrons. The highest BCUT2D eigenvalue weighted by atomic mass is 32.1. The number of hydrazone groups is 1. The van der Waals surface area contributed by atoms with Gasteiger partial charge >= 0.3 is 5.97 Å². The summed E-state index contributed by atoms with van der Waals surface area (Å²) in [5.41, 5.74) is 5.50. The number of benzene rings is 1. The summed E-state index contributed by atoms with van der Waals surface area (Å²) in [6.45, 7) is 3.92. The molecule has 30 heavy (non-hydrogen) atoms. The first-order chi connectivity index (χ1) is 14.6. The summed E-state index contributed by atoms with van der Waals surface area (Å²) in [5.74, 6) is -0.361. The van der Waals surface area contributed by atoms with Gasteiger partial charge in [-0.2, -0.15) is 14.7 Å². The van der Waals surface area contributed by atoms with Crippen LogP contribution in [0.25, 0.3) is 10.2 Å². The van der Waals surface area contributed by atoms with Crippen LogP contribution < -0.4 is 16.0 Å². The van der Waals surface area contributed by atoms with E-state index < -0.39 is 5.97 Å². The molecule has 0 amide bonds. The van der Waals surface area contributed by atoms with Crippen molar-refractivity contribution in [3.05, 3.63) is 50.6 Å². The van der Waals surface area contributed by atoms with E-state index in [2.05, 4.69) is 10.5 Å². The van der Waals surface area contributed by atoms with E-state index in [1.165, 1.54) is 14.6 Å². The average molecular weight is 423 g/mol. The van der Waals surface area contributed by atoms with Gasteiger partial charge in [-0.25, -0.2) is 4.79 Å². The van der Waals surface area contributed by atoms with Crippen molar-refractivity contribution in [2.24, 2.45) is 5.10 Å². The van der Waals surface area contributed by atoms with Crippen molar-refractivity contribution in [1.82, 2.24) is 9.66 Å². The Labute approximate surface area is 176 Å². The number of carbonyl (C=O) groups excluding carboxylic acids is 1. The highest BCUT2D eigenvalue weighted by Crippen LogP contribution is 2.36. The fourth-order valence-electron chi connectivity index (χ4n) is 3.86. The number of rotatable bonds is 3. The standard InChI is InChI=1S/C21H21N5O3S/c1-3-29-20(28)17-23-25(13-10-8-12(2)9-11-13)21-22-18-16(19(27)26(21)24-17)14-6-4-5-7-15(14)30-18/h8-11H,3-7H2,1-2H3,(H,23,24). The first-order valence-corrected chi connectivity index (χ1v) is 10.9. The Kier molecular flexibility index (Phi) is 4.54. The number of aryl methyl sites for hydroxylation is 3. The lowest BCUT2D eigenvalue weighted by atomic mass is 9.97. The largest absolute Gasteiger partial charge is 0.460 e. The molecule has 3 aromatic rings. The molecule has 9 heteroatoms. The zero-order chi connectivity index (χ0) is 20.8. The van der Waals surface area contributed by atoms with Crippen LogP contribution in [0, 0.1) is 6.92 Å². The molecule has 5 rings (SSSR count). The molecule has 0 atom stereocenters. The lowest BCUT2D eigenvalue weighted by Crippen LogP contribution is -2.45. The number of ether oxygens (including phenoxy) is 1. The molecule has 1 aliphatic heterocycles. The molecule has 2 aliphatic rings. The summed E-state index contributed by atoms with van der Waals surface area (Å²) in [6.07, 6.45) is 4.06. The lowest BCUT2D eigenvalue weighted by molar-refractivity contribution is -0.135. The van der Waals surface area contributed by atoms with Crippen LogP contribution in [0.15, 0.2) is 34.2 Å². The van der Waals surface area contributed by atoms with Crippen LogP contribution in [0.3, 0.4) is 0 Å². The van der Waals surface area contributed by atoms with Crippen molar-refractivity contribution in [1.29, 1.82) is 0 Å². The van der Waals surface area contributed by atoms with Gasteiger partial charge in [-0.3, -0.25) is 10.2 Å². The number of carbonyl (C=O) groups is 1. The molecular weight excluding hydrogens is 402 g/mol. The van der Waals surface area contributed by atoms with E-state index in [9.17, 15) is 9.59 Å². The van der Waals surface area contributed by atoms with Gasteiger partial charge < -0.3 is 4.74 Å². The van der Waals surface area contributed by atoms with Crippen molar-refractivity contribution in [3.8, 4) is 0 Å². The van der Waals surface area contributed by atoms with Crippen molar-refractivity contribution < 1.29 is 9.53 Å². The summed E-state index contributed by atoms with van der Waals surface area (Å²) in [6, 6.07) is 7.66. The Morgan fingerprint density at radius 3 is 2.77 bits per heavy atom. The van der Waals surface area contributed by atoms with Crippen molar-refractivity contribution in [2.45, 2.75) is 39.5 Å². The number of esters is 1. The normalized spacial score (nSPS) is 15.3. The van der Waals surface area contributed by atoms with Crippen molar-refractivity contribution in [3.63, 3.8) is 0 Å². The number of thiophene rings is 1. The summed E-state index contributed by atoms with van der Waals surface area (Å²) in [5, 5.41) is 6.57. The number of aromatic nitrogens is 2.